The molecule has 0 radical (unpaired) electrons. The van der Waals surface area contributed by atoms with Crippen LogP contribution in [0, 0.1) is 0 Å². The molecule has 13 nitrogen and oxygen atoms in total. The van der Waals surface area contributed by atoms with Gasteiger partial charge in [-0.25, -0.2) is 4.98 Å². The lowest BCUT2D eigenvalue weighted by Gasteiger charge is -2.47. The van der Waals surface area contributed by atoms with Gasteiger partial charge in [-0.2, -0.15) is 0 Å². The largest absolute Gasteiger partial charge is 0.506 e. The smallest absolute Gasteiger partial charge is 0.273 e. The normalized spacial score (nSPS) is 18.5. The number of benzene rings is 2. The van der Waals surface area contributed by atoms with Crippen LogP contribution in [-0.4, -0.2) is 126 Å². The molecule has 1 saturated carbocycles. The van der Waals surface area contributed by atoms with E-state index in [-0.39, 0.29) is 47.1 Å². The first-order chi connectivity index (χ1) is 29.0. The minimum Gasteiger partial charge on any atom is -0.506 e. The Hall–Kier alpha value is -4.08. The summed E-state index contributed by atoms with van der Waals surface area (Å²) in [5.74, 6) is 0.403. The Morgan fingerprint density at radius 1 is 1.05 bits per heavy atom. The second-order valence-electron chi connectivity index (χ2n) is 17.9. The van der Waals surface area contributed by atoms with E-state index in [0.29, 0.717) is 82.5 Å². The standard InChI is InChI=1S/C46H64N6O7S/c1-45(2,3)44-48-37(31-60-44)43(56)51-24-27-59-46(32-51)17-21-50(22-18-46)29-34-9-7-8-33(28-34)15-25-57-26-16-40(55)52(36-10-5-4-6-11-36)23-20-47-19-14-35-12-13-38(53)41-42(35)58-30-39(54)49-41/h7-9,12-13,28,31,36,47,53H,4-6,10-11,14-27,29-30,32H2,1-3H3,(H,49,54). The van der Waals surface area contributed by atoms with Crippen molar-refractivity contribution in [2.75, 3.05) is 77.6 Å². The molecule has 7 rings (SSSR count). The highest BCUT2D eigenvalue weighted by atomic mass is 32.1. The first-order valence-corrected chi connectivity index (χ1v) is 22.9. The summed E-state index contributed by atoms with van der Waals surface area (Å²) in [5, 5.41) is 19.2. The Morgan fingerprint density at radius 2 is 1.85 bits per heavy atom. The molecule has 0 unspecified atom stereocenters. The number of ether oxygens (including phenoxy) is 3. The molecular formula is C46H64N6O7S. The van der Waals surface area contributed by atoms with Crippen molar-refractivity contribution in [1.82, 2.24) is 25.0 Å². The summed E-state index contributed by atoms with van der Waals surface area (Å²) < 4.78 is 18.1. The van der Waals surface area contributed by atoms with E-state index in [9.17, 15) is 19.5 Å². The zero-order valence-corrected chi connectivity index (χ0v) is 36.6. The fourth-order valence-electron chi connectivity index (χ4n) is 8.92. The van der Waals surface area contributed by atoms with E-state index in [4.69, 9.17) is 14.2 Å². The number of fused-ring (bicyclic) bond motifs is 1. The number of aromatic nitrogens is 1. The zero-order chi connectivity index (χ0) is 42.1. The first kappa shape index (κ1) is 44.0. The highest BCUT2D eigenvalue weighted by Crippen LogP contribution is 2.39. The second-order valence-corrected chi connectivity index (χ2v) is 18.8. The lowest BCUT2D eigenvalue weighted by atomic mass is 9.89. The number of carbonyl (C=O) groups is 3. The van der Waals surface area contributed by atoms with Gasteiger partial charge in [0.2, 0.25) is 5.91 Å². The maximum absolute atomic E-state index is 13.6. The van der Waals surface area contributed by atoms with Gasteiger partial charge in [-0.05, 0) is 67.8 Å². The third-order valence-corrected chi connectivity index (χ3v) is 13.6. The number of phenolic OH excluding ortho intramolecular Hbond substituents is 1. The number of hydrogen-bond acceptors (Lipinski definition) is 11. The monoisotopic (exact) mass is 844 g/mol. The number of rotatable bonds is 16. The molecule has 14 heteroatoms. The number of aromatic hydroxyl groups is 1. The van der Waals surface area contributed by atoms with Gasteiger partial charge in [-0.15, -0.1) is 11.3 Å². The number of piperidine rings is 1. The SMILES string of the molecule is CC(C)(C)c1nc(C(=O)N2CCOC3(CCN(Cc4cccc(CCOCCC(=O)N(CCNCCc5ccc(O)c6c5OCC(=O)N6)C5CCCCC5)c4)CC3)C2)cs1. The molecule has 60 heavy (non-hydrogen) atoms. The number of carbonyl (C=O) groups excluding carboxylic acids is 3. The lowest BCUT2D eigenvalue weighted by Crippen LogP contribution is -2.58. The van der Waals surface area contributed by atoms with Crippen molar-refractivity contribution < 1.29 is 33.7 Å². The molecule has 0 bridgehead atoms. The van der Waals surface area contributed by atoms with Crippen LogP contribution in [0.2, 0.25) is 0 Å². The van der Waals surface area contributed by atoms with Gasteiger partial charge in [-0.1, -0.05) is 70.4 Å². The van der Waals surface area contributed by atoms with Crippen LogP contribution in [0.25, 0.3) is 0 Å². The highest BCUT2D eigenvalue weighted by molar-refractivity contribution is 7.10. The fourth-order valence-corrected chi connectivity index (χ4v) is 9.80. The predicted octanol–water partition coefficient (Wildman–Crippen LogP) is 5.93. The molecule has 3 amide bonds. The van der Waals surface area contributed by atoms with Gasteiger partial charge in [0.25, 0.3) is 11.8 Å². The van der Waals surface area contributed by atoms with Crippen molar-refractivity contribution in [2.45, 2.75) is 109 Å². The minimum atomic E-state index is -0.299. The molecule has 326 valence electrons. The summed E-state index contributed by atoms with van der Waals surface area (Å²) in [5.41, 5.74) is 3.93. The van der Waals surface area contributed by atoms with Gasteiger partial charge in [0, 0.05) is 56.1 Å². The third kappa shape index (κ3) is 11.4. The van der Waals surface area contributed by atoms with Gasteiger partial charge in [-0.3, -0.25) is 19.3 Å². The van der Waals surface area contributed by atoms with Crippen LogP contribution in [-0.2, 0) is 43.9 Å². The van der Waals surface area contributed by atoms with E-state index in [1.54, 1.807) is 17.4 Å². The molecule has 3 aliphatic heterocycles. The predicted molar refractivity (Wildman–Crippen MR) is 233 cm³/mol. The average Bonchev–Trinajstić information content (AvgIpc) is 3.76. The van der Waals surface area contributed by atoms with Crippen LogP contribution in [0.4, 0.5) is 5.69 Å². The highest BCUT2D eigenvalue weighted by Gasteiger charge is 2.41. The van der Waals surface area contributed by atoms with E-state index in [0.717, 1.165) is 75.2 Å². The Morgan fingerprint density at radius 3 is 2.63 bits per heavy atom. The van der Waals surface area contributed by atoms with Gasteiger partial charge >= 0.3 is 0 Å². The summed E-state index contributed by atoms with van der Waals surface area (Å²) in [4.78, 5) is 49.9. The maximum Gasteiger partial charge on any atom is 0.273 e. The molecule has 0 atom stereocenters. The molecule has 3 fully saturated rings. The summed E-state index contributed by atoms with van der Waals surface area (Å²) >= 11 is 1.56. The number of anilines is 1. The number of morpholine rings is 1. The van der Waals surface area contributed by atoms with Crippen LogP contribution >= 0.6 is 11.3 Å². The molecule has 3 aromatic rings. The number of amides is 3. The van der Waals surface area contributed by atoms with Crippen LogP contribution in [0.3, 0.4) is 0 Å². The number of thiazole rings is 1. The Bertz CT molecular complexity index is 1930. The minimum absolute atomic E-state index is 0.00453. The van der Waals surface area contributed by atoms with E-state index >= 15 is 0 Å². The summed E-state index contributed by atoms with van der Waals surface area (Å²) in [6.45, 7) is 13.8. The molecule has 1 spiro atoms. The molecule has 4 aliphatic rings. The molecule has 1 aliphatic carbocycles. The van der Waals surface area contributed by atoms with E-state index in [2.05, 4.69) is 70.5 Å². The molecule has 3 N–H and O–H groups in total. The van der Waals surface area contributed by atoms with Crippen LogP contribution < -0.4 is 15.4 Å². The topological polar surface area (TPSA) is 146 Å². The van der Waals surface area contributed by atoms with E-state index < -0.39 is 0 Å². The van der Waals surface area contributed by atoms with E-state index in [1.807, 2.05) is 16.3 Å². The Labute approximate surface area is 359 Å². The van der Waals surface area contributed by atoms with Crippen molar-refractivity contribution >= 4 is 34.7 Å². The van der Waals surface area contributed by atoms with Crippen molar-refractivity contribution in [3.63, 3.8) is 0 Å². The maximum atomic E-state index is 13.6. The molecular weight excluding hydrogens is 781 g/mol. The number of likely N-dealkylation sites (tertiary alicyclic amines) is 1. The molecule has 2 aromatic carbocycles. The quantitative estimate of drug-likeness (QED) is 0.117. The molecule has 4 heterocycles. The van der Waals surface area contributed by atoms with Crippen molar-refractivity contribution in [3.05, 3.63) is 69.2 Å². The van der Waals surface area contributed by atoms with Gasteiger partial charge in [0.05, 0.1) is 43.4 Å². The van der Waals surface area contributed by atoms with Crippen molar-refractivity contribution in [2.24, 2.45) is 0 Å². The van der Waals surface area contributed by atoms with Crippen LogP contribution in [0.5, 0.6) is 11.5 Å². The van der Waals surface area contributed by atoms with Gasteiger partial charge < -0.3 is 39.8 Å². The number of phenols is 1. The number of hydrogen-bond donors (Lipinski definition) is 3. The zero-order valence-electron chi connectivity index (χ0n) is 35.8. The van der Waals surface area contributed by atoms with Crippen LogP contribution in [0.1, 0.15) is 104 Å². The fraction of sp³-hybridized carbons (Fsp3) is 0.609. The lowest BCUT2D eigenvalue weighted by molar-refractivity contribution is -0.135. The molecule has 1 aromatic heterocycles. The van der Waals surface area contributed by atoms with Crippen molar-refractivity contribution in [3.8, 4) is 11.5 Å². The first-order valence-electron chi connectivity index (χ1n) is 22.0. The summed E-state index contributed by atoms with van der Waals surface area (Å²) in [7, 11) is 0. The summed E-state index contributed by atoms with van der Waals surface area (Å²) in [6.07, 6.45) is 9.23. The molecule has 2 saturated heterocycles. The van der Waals surface area contributed by atoms with Gasteiger partial charge in [0.15, 0.2) is 12.4 Å². The number of nitrogens with one attached hydrogen (secondary N) is 2. The Kier molecular flexibility index (Phi) is 14.8. The van der Waals surface area contributed by atoms with E-state index in [1.165, 1.54) is 17.5 Å². The Balaban J connectivity index is 0.812. The average molecular weight is 845 g/mol. The summed E-state index contributed by atoms with van der Waals surface area (Å²) in [6, 6.07) is 12.4. The van der Waals surface area contributed by atoms with Gasteiger partial charge in [0.1, 0.15) is 17.1 Å². The second kappa shape index (κ2) is 20.2. The third-order valence-electron chi connectivity index (χ3n) is 12.3. The number of nitrogens with zero attached hydrogens (tertiary/aromatic N) is 4. The van der Waals surface area contributed by atoms with Crippen LogP contribution in [0.15, 0.2) is 41.8 Å². The van der Waals surface area contributed by atoms with Crippen molar-refractivity contribution in [1.29, 1.82) is 0 Å².